The van der Waals surface area contributed by atoms with Crippen LogP contribution in [0.1, 0.15) is 11.1 Å². The van der Waals surface area contributed by atoms with Crippen LogP contribution in [0.15, 0.2) is 66.0 Å². The van der Waals surface area contributed by atoms with E-state index >= 15 is 0 Å². The van der Waals surface area contributed by atoms with E-state index in [1.165, 1.54) is 18.2 Å². The van der Waals surface area contributed by atoms with Gasteiger partial charge in [-0.1, -0.05) is 12.1 Å². The van der Waals surface area contributed by atoms with Crippen LogP contribution < -0.4 is 5.32 Å². The predicted molar refractivity (Wildman–Crippen MR) is 98.1 cm³/mol. The van der Waals surface area contributed by atoms with Gasteiger partial charge >= 0.3 is 5.97 Å². The van der Waals surface area contributed by atoms with Crippen molar-refractivity contribution in [1.82, 2.24) is 15.3 Å². The van der Waals surface area contributed by atoms with E-state index in [1.807, 2.05) is 6.07 Å². The molecule has 0 amide bonds. The number of fused-ring (bicyclic) bond motifs is 1. The Labute approximate surface area is 158 Å². The molecule has 0 saturated carbocycles. The number of carboxylic acids is 1. The number of aromatic amines is 1. The highest BCUT2D eigenvalue weighted by Crippen LogP contribution is 2.27. The molecule has 1 aromatic carbocycles. The zero-order chi connectivity index (χ0) is 19.7. The number of benzene rings is 1. The highest BCUT2D eigenvalue weighted by Gasteiger charge is 2.35. The summed E-state index contributed by atoms with van der Waals surface area (Å²) >= 11 is 0. The molecule has 7 nitrogen and oxygen atoms in total. The van der Waals surface area contributed by atoms with Gasteiger partial charge in [0.15, 0.2) is 11.3 Å². The number of carboxylic acid groups (broad SMARTS) is 1. The van der Waals surface area contributed by atoms with E-state index in [-0.39, 0.29) is 24.0 Å². The molecule has 3 heterocycles. The summed E-state index contributed by atoms with van der Waals surface area (Å²) in [6.07, 6.45) is 4.76. The normalized spacial score (nSPS) is 15.3. The molecule has 2 aromatic heterocycles. The molecule has 0 unspecified atom stereocenters. The maximum Gasteiger partial charge on any atom is 0.345 e. The minimum Gasteiger partial charge on any atom is -0.477 e. The molecule has 0 radical (unpaired) electrons. The molecule has 0 spiro atoms. The first kappa shape index (κ1) is 17.5. The lowest BCUT2D eigenvalue weighted by Gasteiger charge is -2.08. The van der Waals surface area contributed by atoms with E-state index in [1.54, 1.807) is 30.6 Å². The number of allylic oxidation sites excluding steroid dienone is 1. The molecule has 4 rings (SSSR count). The summed E-state index contributed by atoms with van der Waals surface area (Å²) in [7, 11) is 0. The topological polar surface area (TPSA) is 104 Å². The average Bonchev–Trinajstić information content (AvgIpc) is 3.23. The van der Waals surface area contributed by atoms with Crippen molar-refractivity contribution in [3.05, 3.63) is 83.0 Å². The van der Waals surface area contributed by atoms with Crippen molar-refractivity contribution in [2.75, 3.05) is 0 Å². The fourth-order valence-corrected chi connectivity index (χ4v) is 2.87. The van der Waals surface area contributed by atoms with Crippen molar-refractivity contribution >= 4 is 28.9 Å². The molecule has 1 aliphatic heterocycles. The number of hydrogen-bond acceptors (Lipinski definition) is 5. The van der Waals surface area contributed by atoms with Crippen LogP contribution >= 0.6 is 0 Å². The minimum absolute atomic E-state index is 0.108. The highest BCUT2D eigenvalue weighted by molar-refractivity contribution is 6.26. The number of halogens is 1. The van der Waals surface area contributed by atoms with Crippen LogP contribution in [0.3, 0.4) is 0 Å². The first-order valence-corrected chi connectivity index (χ1v) is 8.35. The predicted octanol–water partition coefficient (Wildman–Crippen LogP) is 2.73. The zero-order valence-electron chi connectivity index (χ0n) is 14.4. The Morgan fingerprint density at radius 3 is 2.82 bits per heavy atom. The van der Waals surface area contributed by atoms with Crippen molar-refractivity contribution in [1.29, 1.82) is 0 Å². The van der Waals surface area contributed by atoms with E-state index in [9.17, 15) is 19.1 Å². The lowest BCUT2D eigenvalue weighted by molar-refractivity contribution is -0.134. The largest absolute Gasteiger partial charge is 0.477 e. The quantitative estimate of drug-likeness (QED) is 0.465. The maximum atomic E-state index is 13.0. The highest BCUT2D eigenvalue weighted by atomic mass is 19.1. The molecule has 0 bridgehead atoms. The second-order valence-corrected chi connectivity index (χ2v) is 6.07. The first-order valence-electron chi connectivity index (χ1n) is 8.35. The Kier molecular flexibility index (Phi) is 4.36. The molecule has 3 N–H and O–H groups in total. The van der Waals surface area contributed by atoms with Gasteiger partial charge in [0.05, 0.1) is 0 Å². The van der Waals surface area contributed by atoms with Crippen LogP contribution in [-0.4, -0.2) is 26.8 Å². The Morgan fingerprint density at radius 1 is 1.29 bits per heavy atom. The number of H-pyrrole nitrogens is 1. The number of nitrogens with zero attached hydrogens (tertiary/aromatic N) is 1. The van der Waals surface area contributed by atoms with Gasteiger partial charge in [-0.2, -0.15) is 0 Å². The second-order valence-electron chi connectivity index (χ2n) is 6.07. The summed E-state index contributed by atoms with van der Waals surface area (Å²) in [5.74, 6) is -2.75. The van der Waals surface area contributed by atoms with Gasteiger partial charge in [-0.05, 0) is 35.9 Å². The standard InChI is InChI=1S/C20H14FN3O4/c21-13-5-3-11(4-6-13)9-24-19-16(20(26)27)17(25)15(28-19)8-12-10-23-18-14(12)2-1-7-22-18/h1-8,10,24H,9H2,(H,22,23)(H,26,27)/b15-8-. The number of carbonyl (C=O) groups excluding carboxylic acids is 1. The van der Waals surface area contributed by atoms with Crippen LogP contribution in [-0.2, 0) is 20.9 Å². The minimum atomic E-state index is -1.39. The van der Waals surface area contributed by atoms with Crippen molar-refractivity contribution < 1.29 is 23.8 Å². The van der Waals surface area contributed by atoms with E-state index in [2.05, 4.69) is 15.3 Å². The Morgan fingerprint density at radius 2 is 2.07 bits per heavy atom. The van der Waals surface area contributed by atoms with Gasteiger partial charge < -0.3 is 20.1 Å². The third-order valence-corrected chi connectivity index (χ3v) is 4.24. The summed E-state index contributed by atoms with van der Waals surface area (Å²) in [6.45, 7) is 0.171. The molecular weight excluding hydrogens is 365 g/mol. The number of ketones is 1. The average molecular weight is 379 g/mol. The number of Topliss-reactive ketones (excluding diaryl/α,β-unsaturated/α-hetero) is 1. The van der Waals surface area contributed by atoms with Crippen molar-refractivity contribution in [3.63, 3.8) is 0 Å². The number of nitrogens with one attached hydrogen (secondary N) is 2. The number of hydrogen-bond donors (Lipinski definition) is 3. The number of carbonyl (C=O) groups is 2. The lowest BCUT2D eigenvalue weighted by Crippen LogP contribution is -2.17. The Hall–Kier alpha value is -3.94. The molecule has 3 aromatic rings. The number of aliphatic carboxylic acids is 1. The Bertz CT molecular complexity index is 1150. The maximum absolute atomic E-state index is 13.0. The SMILES string of the molecule is O=C(O)C1=C(NCc2ccc(F)cc2)O/C(=C\c2c[nH]c3ncccc23)C1=O. The summed E-state index contributed by atoms with van der Waals surface area (Å²) < 4.78 is 18.5. The molecule has 28 heavy (non-hydrogen) atoms. The molecule has 1 aliphatic rings. The van der Waals surface area contributed by atoms with Crippen LogP contribution in [0.5, 0.6) is 0 Å². The van der Waals surface area contributed by atoms with E-state index in [0.29, 0.717) is 16.8 Å². The van der Waals surface area contributed by atoms with E-state index in [0.717, 1.165) is 5.39 Å². The van der Waals surface area contributed by atoms with E-state index in [4.69, 9.17) is 4.74 Å². The summed E-state index contributed by atoms with van der Waals surface area (Å²) in [4.78, 5) is 31.2. The molecule has 140 valence electrons. The summed E-state index contributed by atoms with van der Waals surface area (Å²) in [5.41, 5.74) is 1.51. The van der Waals surface area contributed by atoms with Crippen molar-refractivity contribution in [2.45, 2.75) is 6.54 Å². The smallest absolute Gasteiger partial charge is 0.345 e. The second kappa shape index (κ2) is 6.99. The van der Waals surface area contributed by atoms with Gasteiger partial charge in [-0.25, -0.2) is 14.2 Å². The fourth-order valence-electron chi connectivity index (χ4n) is 2.87. The zero-order valence-corrected chi connectivity index (χ0v) is 14.4. The summed E-state index contributed by atoms with van der Waals surface area (Å²) in [6, 6.07) is 9.27. The number of aromatic nitrogens is 2. The molecular formula is C20H14FN3O4. The number of pyridine rings is 1. The molecule has 0 aliphatic carbocycles. The lowest BCUT2D eigenvalue weighted by atomic mass is 10.1. The molecule has 0 saturated heterocycles. The van der Waals surface area contributed by atoms with Crippen molar-refractivity contribution in [2.24, 2.45) is 0 Å². The van der Waals surface area contributed by atoms with Crippen LogP contribution in [0.2, 0.25) is 0 Å². The van der Waals surface area contributed by atoms with Crippen LogP contribution in [0.4, 0.5) is 4.39 Å². The van der Waals surface area contributed by atoms with Crippen LogP contribution in [0, 0.1) is 5.82 Å². The van der Waals surface area contributed by atoms with Gasteiger partial charge in [0.2, 0.25) is 11.7 Å². The Balaban J connectivity index is 1.60. The van der Waals surface area contributed by atoms with Gasteiger partial charge in [-0.3, -0.25) is 4.79 Å². The monoisotopic (exact) mass is 379 g/mol. The fraction of sp³-hybridized carbons (Fsp3) is 0.0500. The third kappa shape index (κ3) is 3.23. The molecule has 0 fully saturated rings. The van der Waals surface area contributed by atoms with Crippen molar-refractivity contribution in [3.8, 4) is 0 Å². The number of rotatable bonds is 5. The third-order valence-electron chi connectivity index (χ3n) is 4.24. The van der Waals surface area contributed by atoms with Crippen LogP contribution in [0.25, 0.3) is 17.1 Å². The van der Waals surface area contributed by atoms with Gasteiger partial charge in [0, 0.05) is 29.9 Å². The summed E-state index contributed by atoms with van der Waals surface area (Å²) in [5, 5.41) is 13.0. The van der Waals surface area contributed by atoms with Gasteiger partial charge in [-0.15, -0.1) is 0 Å². The molecule has 8 heteroatoms. The first-order chi connectivity index (χ1) is 13.5. The van der Waals surface area contributed by atoms with Gasteiger partial charge in [0.25, 0.3) is 0 Å². The molecule has 0 atom stereocenters. The van der Waals surface area contributed by atoms with Gasteiger partial charge in [0.1, 0.15) is 11.5 Å². The van der Waals surface area contributed by atoms with E-state index < -0.39 is 17.3 Å². The number of ether oxygens (including phenoxy) is 1.